The lowest BCUT2D eigenvalue weighted by Gasteiger charge is -2.35. The number of benzene rings is 1. The molecule has 1 fully saturated rings. The van der Waals surface area contributed by atoms with Crippen molar-refractivity contribution in [2.75, 3.05) is 31.6 Å². The third kappa shape index (κ3) is 4.51. The molecule has 1 aliphatic heterocycles. The van der Waals surface area contributed by atoms with Crippen LogP contribution in [0.15, 0.2) is 47.7 Å². The SMILES string of the molecule is CN=C(NCc1c(C)nn(Cc2ccccc2)c1C)N1CCN(c2cnn(C)c2)C(=O)C1. The molecule has 9 nitrogen and oxygen atoms in total. The van der Waals surface area contributed by atoms with Gasteiger partial charge in [-0.05, 0) is 19.4 Å². The van der Waals surface area contributed by atoms with Crippen LogP contribution >= 0.6 is 0 Å². The molecule has 32 heavy (non-hydrogen) atoms. The largest absolute Gasteiger partial charge is 0.352 e. The smallest absolute Gasteiger partial charge is 0.246 e. The zero-order valence-electron chi connectivity index (χ0n) is 19.1. The number of amides is 1. The van der Waals surface area contributed by atoms with Crippen LogP contribution in [0.4, 0.5) is 5.69 Å². The van der Waals surface area contributed by atoms with E-state index in [0.29, 0.717) is 19.6 Å². The van der Waals surface area contributed by atoms with Crippen molar-refractivity contribution in [3.8, 4) is 0 Å². The Bertz CT molecular complexity index is 1110. The minimum Gasteiger partial charge on any atom is -0.352 e. The first-order valence-electron chi connectivity index (χ1n) is 10.8. The lowest BCUT2D eigenvalue weighted by Crippen LogP contribution is -2.55. The standard InChI is InChI=1S/C23H30N8O/c1-17-21(18(2)31(27-17)14-19-8-6-5-7-9-19)13-25-23(24-3)29-10-11-30(22(32)16-29)20-12-26-28(4)15-20/h5-9,12,15H,10-11,13-14,16H2,1-4H3,(H,24,25). The minimum atomic E-state index is 0.0373. The molecular formula is C23H30N8O. The van der Waals surface area contributed by atoms with E-state index < -0.39 is 0 Å². The van der Waals surface area contributed by atoms with Crippen LogP contribution in [0.3, 0.4) is 0 Å². The third-order valence-corrected chi connectivity index (χ3v) is 5.86. The van der Waals surface area contributed by atoms with Gasteiger partial charge in [-0.3, -0.25) is 19.2 Å². The summed E-state index contributed by atoms with van der Waals surface area (Å²) in [6.07, 6.45) is 3.58. The van der Waals surface area contributed by atoms with Crippen molar-refractivity contribution in [3.05, 3.63) is 65.2 Å². The molecule has 0 bridgehead atoms. The first kappa shape index (κ1) is 21.6. The van der Waals surface area contributed by atoms with Crippen LogP contribution in [0.2, 0.25) is 0 Å². The molecular weight excluding hydrogens is 404 g/mol. The Kier molecular flexibility index (Phi) is 6.25. The van der Waals surface area contributed by atoms with E-state index in [2.05, 4.69) is 34.5 Å². The predicted octanol–water partition coefficient (Wildman–Crippen LogP) is 1.71. The van der Waals surface area contributed by atoms with Crippen molar-refractivity contribution >= 4 is 17.6 Å². The van der Waals surface area contributed by atoms with E-state index in [1.54, 1.807) is 22.8 Å². The van der Waals surface area contributed by atoms with E-state index in [1.165, 1.54) is 5.56 Å². The first-order valence-corrected chi connectivity index (χ1v) is 10.8. The topological polar surface area (TPSA) is 83.6 Å². The summed E-state index contributed by atoms with van der Waals surface area (Å²) in [5.41, 5.74) is 5.34. The molecule has 168 valence electrons. The summed E-state index contributed by atoms with van der Waals surface area (Å²) >= 11 is 0. The van der Waals surface area contributed by atoms with Crippen molar-refractivity contribution in [2.24, 2.45) is 12.0 Å². The van der Waals surface area contributed by atoms with E-state index in [-0.39, 0.29) is 12.5 Å². The highest BCUT2D eigenvalue weighted by Gasteiger charge is 2.27. The second-order valence-electron chi connectivity index (χ2n) is 8.03. The predicted molar refractivity (Wildman–Crippen MR) is 125 cm³/mol. The van der Waals surface area contributed by atoms with Crippen LogP contribution in [0.5, 0.6) is 0 Å². The van der Waals surface area contributed by atoms with Gasteiger partial charge in [-0.15, -0.1) is 0 Å². The van der Waals surface area contributed by atoms with Gasteiger partial charge in [-0.1, -0.05) is 30.3 Å². The molecule has 9 heteroatoms. The molecule has 0 saturated carbocycles. The number of guanidine groups is 1. The van der Waals surface area contributed by atoms with Crippen LogP contribution in [0, 0.1) is 13.8 Å². The Balaban J connectivity index is 1.39. The van der Waals surface area contributed by atoms with Crippen molar-refractivity contribution < 1.29 is 4.79 Å². The monoisotopic (exact) mass is 434 g/mol. The third-order valence-electron chi connectivity index (χ3n) is 5.86. The van der Waals surface area contributed by atoms with Crippen LogP contribution in [-0.4, -0.2) is 63.0 Å². The van der Waals surface area contributed by atoms with Gasteiger partial charge in [0.2, 0.25) is 5.91 Å². The van der Waals surface area contributed by atoms with Gasteiger partial charge in [-0.25, -0.2) is 0 Å². The number of rotatable bonds is 5. The van der Waals surface area contributed by atoms with Gasteiger partial charge in [0.15, 0.2) is 5.96 Å². The van der Waals surface area contributed by atoms with E-state index in [0.717, 1.165) is 35.1 Å². The fraction of sp³-hybridized carbons (Fsp3) is 0.391. The molecule has 3 aromatic rings. The van der Waals surface area contributed by atoms with Gasteiger partial charge in [0.05, 0.1) is 24.1 Å². The summed E-state index contributed by atoms with van der Waals surface area (Å²) in [7, 11) is 3.60. The summed E-state index contributed by atoms with van der Waals surface area (Å²) < 4.78 is 3.75. The highest BCUT2D eigenvalue weighted by atomic mass is 16.2. The Morgan fingerprint density at radius 2 is 1.97 bits per heavy atom. The number of carbonyl (C=O) groups is 1. The number of aromatic nitrogens is 4. The van der Waals surface area contributed by atoms with E-state index in [9.17, 15) is 4.79 Å². The van der Waals surface area contributed by atoms with Gasteiger partial charge >= 0.3 is 0 Å². The van der Waals surface area contributed by atoms with E-state index >= 15 is 0 Å². The fourth-order valence-electron chi connectivity index (χ4n) is 4.07. The Hall–Kier alpha value is -3.62. The van der Waals surface area contributed by atoms with Crippen molar-refractivity contribution in [1.29, 1.82) is 0 Å². The minimum absolute atomic E-state index is 0.0373. The number of aryl methyl sites for hydroxylation is 2. The second-order valence-corrected chi connectivity index (χ2v) is 8.03. The number of anilines is 1. The number of carbonyl (C=O) groups excluding carboxylic acids is 1. The highest BCUT2D eigenvalue weighted by Crippen LogP contribution is 2.17. The Morgan fingerprint density at radius 3 is 2.62 bits per heavy atom. The van der Waals surface area contributed by atoms with Crippen LogP contribution in [0.25, 0.3) is 0 Å². The summed E-state index contributed by atoms with van der Waals surface area (Å²) in [4.78, 5) is 20.9. The van der Waals surface area contributed by atoms with Gasteiger partial charge < -0.3 is 15.1 Å². The summed E-state index contributed by atoms with van der Waals surface area (Å²) in [5, 5.41) is 12.3. The van der Waals surface area contributed by atoms with Gasteiger partial charge in [0.25, 0.3) is 0 Å². The lowest BCUT2D eigenvalue weighted by molar-refractivity contribution is -0.120. The normalized spacial score (nSPS) is 14.9. The van der Waals surface area contributed by atoms with Gasteiger partial charge in [-0.2, -0.15) is 10.2 Å². The Labute approximate surface area is 188 Å². The molecule has 1 saturated heterocycles. The van der Waals surface area contributed by atoms with Gasteiger partial charge in [0, 0.05) is 51.2 Å². The molecule has 1 aliphatic rings. The number of nitrogens with zero attached hydrogens (tertiary/aromatic N) is 7. The van der Waals surface area contributed by atoms with E-state index in [1.807, 2.05) is 47.9 Å². The Morgan fingerprint density at radius 1 is 1.19 bits per heavy atom. The van der Waals surface area contributed by atoms with Crippen molar-refractivity contribution in [2.45, 2.75) is 26.9 Å². The van der Waals surface area contributed by atoms with Crippen molar-refractivity contribution in [1.82, 2.24) is 29.8 Å². The molecule has 0 aliphatic carbocycles. The summed E-state index contributed by atoms with van der Waals surface area (Å²) in [5.74, 6) is 0.758. The molecule has 0 atom stereocenters. The van der Waals surface area contributed by atoms with Crippen LogP contribution < -0.4 is 10.2 Å². The van der Waals surface area contributed by atoms with Gasteiger partial charge in [0.1, 0.15) is 6.54 Å². The second kappa shape index (κ2) is 9.25. The number of nitrogens with one attached hydrogen (secondary N) is 1. The number of aliphatic imine (C=N–C) groups is 1. The number of hydrogen-bond donors (Lipinski definition) is 1. The quantitative estimate of drug-likeness (QED) is 0.488. The fourth-order valence-corrected chi connectivity index (χ4v) is 4.07. The molecule has 1 amide bonds. The molecule has 0 unspecified atom stereocenters. The number of piperazine rings is 1. The zero-order chi connectivity index (χ0) is 22.7. The van der Waals surface area contributed by atoms with Crippen molar-refractivity contribution in [3.63, 3.8) is 0 Å². The van der Waals surface area contributed by atoms with E-state index in [4.69, 9.17) is 5.10 Å². The molecule has 4 rings (SSSR count). The van der Waals surface area contributed by atoms with Crippen LogP contribution in [-0.2, 0) is 24.9 Å². The molecule has 0 radical (unpaired) electrons. The highest BCUT2D eigenvalue weighted by molar-refractivity contribution is 5.98. The first-order chi connectivity index (χ1) is 15.5. The average Bonchev–Trinajstić information content (AvgIpc) is 3.32. The molecule has 0 spiro atoms. The molecule has 1 aromatic carbocycles. The van der Waals surface area contributed by atoms with Crippen LogP contribution in [0.1, 0.15) is 22.5 Å². The average molecular weight is 435 g/mol. The summed E-state index contributed by atoms with van der Waals surface area (Å²) in [6.45, 7) is 7.05. The lowest BCUT2D eigenvalue weighted by atomic mass is 10.2. The summed E-state index contributed by atoms with van der Waals surface area (Å²) in [6, 6.07) is 10.3. The maximum Gasteiger partial charge on any atom is 0.246 e. The molecule has 2 aromatic heterocycles. The zero-order valence-corrected chi connectivity index (χ0v) is 19.1. The number of hydrogen-bond acceptors (Lipinski definition) is 4. The maximum atomic E-state index is 12.7. The molecule has 3 heterocycles. The molecule has 1 N–H and O–H groups in total. The maximum absolute atomic E-state index is 12.7.